The molecule has 1 amide bonds. The third kappa shape index (κ3) is 3.32. The molecule has 1 aromatic carbocycles. The Hall–Kier alpha value is -2.08. The molecule has 3 rings (SSSR count). The van der Waals surface area contributed by atoms with E-state index in [4.69, 9.17) is 11.6 Å². The smallest absolute Gasteiger partial charge is 0.243 e. The normalized spacial score (nSPS) is 23.6. The van der Waals surface area contributed by atoms with E-state index in [9.17, 15) is 9.70 Å². The molecule has 23 heavy (non-hydrogen) atoms. The fourth-order valence-corrected chi connectivity index (χ4v) is 3.39. The largest absolute Gasteiger partial charge is 0.352 e. The lowest BCUT2D eigenvalue weighted by atomic mass is 10.0. The number of amides is 1. The van der Waals surface area contributed by atoms with E-state index < -0.39 is 0 Å². The highest BCUT2D eigenvalue weighted by Crippen LogP contribution is 2.31. The molecule has 1 aromatic rings. The number of hydrogen-bond acceptors (Lipinski definition) is 3. The maximum atomic E-state index is 12.1. The van der Waals surface area contributed by atoms with Crippen molar-refractivity contribution in [3.8, 4) is 0 Å². The van der Waals surface area contributed by atoms with E-state index in [1.54, 1.807) is 0 Å². The molecule has 6 nitrogen and oxygen atoms in total. The van der Waals surface area contributed by atoms with Crippen molar-refractivity contribution < 1.29 is 9.66 Å². The van der Waals surface area contributed by atoms with E-state index in [0.717, 1.165) is 23.5 Å². The van der Waals surface area contributed by atoms with Gasteiger partial charge in [-0.25, -0.2) is 0 Å². The quantitative estimate of drug-likeness (QED) is 0.673. The van der Waals surface area contributed by atoms with Crippen LogP contribution in [0.5, 0.6) is 0 Å². The SMILES string of the molecule is C=CC(=O)NCC1CN(c2ccc(Cl)cc2)C2CC[N+](=O)N2C1. The van der Waals surface area contributed by atoms with Gasteiger partial charge in [0.2, 0.25) is 12.5 Å². The molecular weight excluding hydrogens is 316 g/mol. The van der Waals surface area contributed by atoms with Crippen LogP contribution in [0.4, 0.5) is 5.69 Å². The van der Waals surface area contributed by atoms with Gasteiger partial charge in [0.1, 0.15) is 4.87 Å². The Balaban J connectivity index is 1.78. The van der Waals surface area contributed by atoms with Crippen LogP contribution in [0.2, 0.25) is 5.02 Å². The molecule has 2 saturated heterocycles. The molecule has 0 aromatic heterocycles. The topological polar surface area (TPSA) is 55.7 Å². The minimum absolute atomic E-state index is 0.0695. The highest BCUT2D eigenvalue weighted by atomic mass is 35.5. The maximum absolute atomic E-state index is 12.1. The van der Waals surface area contributed by atoms with Gasteiger partial charge in [0.25, 0.3) is 0 Å². The zero-order valence-corrected chi connectivity index (χ0v) is 13.6. The fraction of sp³-hybridized carbons (Fsp3) is 0.438. The lowest BCUT2D eigenvalue weighted by Gasteiger charge is -2.40. The summed E-state index contributed by atoms with van der Waals surface area (Å²) in [6.45, 7) is 5.91. The minimum atomic E-state index is -0.189. The van der Waals surface area contributed by atoms with Gasteiger partial charge in [0.05, 0.1) is 17.9 Å². The number of fused-ring (bicyclic) bond motifs is 1. The van der Waals surface area contributed by atoms with Crippen molar-refractivity contribution in [3.05, 3.63) is 46.9 Å². The standard InChI is InChI=1S/C16H19ClN4O2/c1-2-15(22)18-9-12-10-19(14-5-3-13(17)4-6-14)16-7-8-21(23)20(16)11-12/h2-6,12,16H,1,7-11H2/p+1. The van der Waals surface area contributed by atoms with E-state index in [0.29, 0.717) is 24.7 Å². The van der Waals surface area contributed by atoms with Crippen LogP contribution in [-0.2, 0) is 4.79 Å². The van der Waals surface area contributed by atoms with E-state index in [-0.39, 0.29) is 18.0 Å². The zero-order valence-electron chi connectivity index (χ0n) is 12.8. The molecule has 2 heterocycles. The van der Waals surface area contributed by atoms with E-state index >= 15 is 0 Å². The second kappa shape index (κ2) is 6.58. The fourth-order valence-electron chi connectivity index (χ4n) is 3.26. The Morgan fingerprint density at radius 1 is 1.39 bits per heavy atom. The molecular formula is C16H20ClN4O2+. The first kappa shape index (κ1) is 15.8. The van der Waals surface area contributed by atoms with Crippen molar-refractivity contribution in [1.29, 1.82) is 0 Å². The second-order valence-corrected chi connectivity index (χ2v) is 6.35. The number of halogens is 1. The van der Waals surface area contributed by atoms with Crippen LogP contribution in [0, 0.1) is 10.8 Å². The number of carbonyl (C=O) groups is 1. The lowest BCUT2D eigenvalue weighted by Crippen LogP contribution is -2.57. The second-order valence-electron chi connectivity index (χ2n) is 5.91. The van der Waals surface area contributed by atoms with Gasteiger partial charge in [-0.3, -0.25) is 4.79 Å². The van der Waals surface area contributed by atoms with Crippen molar-refractivity contribution in [2.45, 2.75) is 12.6 Å². The number of benzene rings is 1. The van der Waals surface area contributed by atoms with E-state index in [2.05, 4.69) is 16.8 Å². The highest BCUT2D eigenvalue weighted by molar-refractivity contribution is 6.30. The number of nitroso groups, excluding NO2 is 1. The van der Waals surface area contributed by atoms with Crippen molar-refractivity contribution in [3.63, 3.8) is 0 Å². The Morgan fingerprint density at radius 3 is 2.83 bits per heavy atom. The molecule has 2 aliphatic rings. The summed E-state index contributed by atoms with van der Waals surface area (Å²) >= 11 is 5.97. The number of carbonyl (C=O) groups excluding carboxylic acids is 1. The van der Waals surface area contributed by atoms with Crippen LogP contribution in [0.3, 0.4) is 0 Å². The highest BCUT2D eigenvalue weighted by Gasteiger charge is 2.47. The number of hydrogen-bond donors (Lipinski definition) is 1. The zero-order chi connectivity index (χ0) is 16.4. The minimum Gasteiger partial charge on any atom is -0.352 e. The molecule has 2 fully saturated rings. The Labute approximate surface area is 140 Å². The molecule has 0 saturated carbocycles. The molecule has 0 aliphatic carbocycles. The first-order chi connectivity index (χ1) is 11.1. The summed E-state index contributed by atoms with van der Waals surface area (Å²) in [7, 11) is 0. The number of nitrogens with one attached hydrogen (secondary N) is 1. The number of hydrazine groups is 1. The summed E-state index contributed by atoms with van der Waals surface area (Å²) in [5, 5.41) is 5.37. The first-order valence-corrected chi connectivity index (χ1v) is 8.10. The molecule has 122 valence electrons. The van der Waals surface area contributed by atoms with Crippen LogP contribution < -0.4 is 10.2 Å². The number of nitrogens with zero attached hydrogens (tertiary/aromatic N) is 3. The summed E-state index contributed by atoms with van der Waals surface area (Å²) in [4.78, 5) is 26.7. The molecule has 0 spiro atoms. The van der Waals surface area contributed by atoms with Gasteiger partial charge in [-0.2, -0.15) is 0 Å². The number of rotatable bonds is 4. The molecule has 7 heteroatoms. The third-order valence-corrected chi connectivity index (χ3v) is 4.63. The van der Waals surface area contributed by atoms with E-state index in [1.807, 2.05) is 29.3 Å². The van der Waals surface area contributed by atoms with Gasteiger partial charge in [0, 0.05) is 29.7 Å². The Morgan fingerprint density at radius 2 is 2.13 bits per heavy atom. The summed E-state index contributed by atoms with van der Waals surface area (Å²) in [6.07, 6.45) is 2.14. The monoisotopic (exact) mass is 335 g/mol. The van der Waals surface area contributed by atoms with Gasteiger partial charge in [-0.15, -0.1) is 5.01 Å². The van der Waals surface area contributed by atoms with Crippen molar-refractivity contribution in [1.82, 2.24) is 10.3 Å². The number of anilines is 1. The maximum Gasteiger partial charge on any atom is 0.243 e. The average molecular weight is 336 g/mol. The molecule has 2 aliphatic heterocycles. The summed E-state index contributed by atoms with van der Waals surface area (Å²) < 4.78 is 0. The van der Waals surface area contributed by atoms with Crippen LogP contribution in [0.1, 0.15) is 6.42 Å². The Kier molecular flexibility index (Phi) is 4.52. The van der Waals surface area contributed by atoms with Crippen LogP contribution in [-0.4, -0.2) is 48.1 Å². The van der Waals surface area contributed by atoms with Gasteiger partial charge >= 0.3 is 0 Å². The molecule has 2 unspecified atom stereocenters. The van der Waals surface area contributed by atoms with Crippen molar-refractivity contribution in [2.24, 2.45) is 5.92 Å². The predicted octanol–water partition coefficient (Wildman–Crippen LogP) is 1.80. The van der Waals surface area contributed by atoms with Crippen molar-refractivity contribution >= 4 is 23.2 Å². The van der Waals surface area contributed by atoms with Crippen LogP contribution in [0.25, 0.3) is 0 Å². The first-order valence-electron chi connectivity index (χ1n) is 7.72. The lowest BCUT2D eigenvalue weighted by molar-refractivity contribution is -0.692. The average Bonchev–Trinajstić information content (AvgIpc) is 2.94. The van der Waals surface area contributed by atoms with Gasteiger partial charge in [-0.05, 0) is 30.3 Å². The molecule has 1 N–H and O–H groups in total. The van der Waals surface area contributed by atoms with E-state index in [1.165, 1.54) is 6.08 Å². The molecule has 0 bridgehead atoms. The summed E-state index contributed by atoms with van der Waals surface area (Å²) in [5.74, 6) is -0.0223. The summed E-state index contributed by atoms with van der Waals surface area (Å²) in [5.41, 5.74) is 1.04. The van der Waals surface area contributed by atoms with Gasteiger partial charge in [0.15, 0.2) is 6.17 Å². The molecule has 0 radical (unpaired) electrons. The van der Waals surface area contributed by atoms with Gasteiger partial charge in [-0.1, -0.05) is 18.2 Å². The summed E-state index contributed by atoms with van der Waals surface area (Å²) in [6, 6.07) is 7.65. The predicted molar refractivity (Wildman–Crippen MR) is 89.1 cm³/mol. The Bertz CT molecular complexity index is 619. The van der Waals surface area contributed by atoms with Crippen LogP contribution >= 0.6 is 11.6 Å². The third-order valence-electron chi connectivity index (χ3n) is 4.38. The molecule has 2 atom stereocenters. The van der Waals surface area contributed by atoms with Crippen LogP contribution in [0.15, 0.2) is 36.9 Å². The van der Waals surface area contributed by atoms with Crippen molar-refractivity contribution in [2.75, 3.05) is 31.1 Å². The van der Waals surface area contributed by atoms with Gasteiger partial charge < -0.3 is 10.2 Å².